The van der Waals surface area contributed by atoms with E-state index in [-0.39, 0.29) is 25.2 Å². The maximum Gasteiger partial charge on any atom is 0.333 e. The third-order valence-electron chi connectivity index (χ3n) is 3.33. The molecule has 0 aliphatic heterocycles. The van der Waals surface area contributed by atoms with Gasteiger partial charge in [0.15, 0.2) is 0 Å². The van der Waals surface area contributed by atoms with Crippen molar-refractivity contribution in [3.05, 3.63) is 92.1 Å². The van der Waals surface area contributed by atoms with Crippen LogP contribution in [0.1, 0.15) is 39.2 Å². The molecule has 212 valence electrons. The molecule has 0 radical (unpaired) electrons. The number of esters is 3. The molecule has 0 saturated heterocycles. The molecule has 0 aliphatic rings. The van der Waals surface area contributed by atoms with Gasteiger partial charge in [-0.1, -0.05) is 82.6 Å². The first kappa shape index (κ1) is 40.9. The minimum atomic E-state index is -0.981. The Labute approximate surface area is 226 Å². The number of rotatable bonds is 10. The molecule has 1 aromatic carbocycles. The largest absolute Gasteiger partial charge is 0.478 e. The molecule has 0 bridgehead atoms. The molecule has 9 heteroatoms. The predicted molar refractivity (Wildman–Crippen MR) is 150 cm³/mol. The number of benzene rings is 1. The van der Waals surface area contributed by atoms with Crippen molar-refractivity contribution in [2.75, 3.05) is 26.9 Å². The van der Waals surface area contributed by atoms with Crippen molar-refractivity contribution < 1.29 is 43.6 Å². The first-order chi connectivity index (χ1) is 17.9. The van der Waals surface area contributed by atoms with Crippen molar-refractivity contribution in [1.29, 1.82) is 0 Å². The molecule has 0 heterocycles. The fourth-order valence-corrected chi connectivity index (χ4v) is 1.40. The summed E-state index contributed by atoms with van der Waals surface area (Å²) in [6.07, 6.45) is 5.69. The summed E-state index contributed by atoms with van der Waals surface area (Å²) >= 11 is 0. The van der Waals surface area contributed by atoms with Crippen LogP contribution in [0.4, 0.5) is 0 Å². The van der Waals surface area contributed by atoms with Gasteiger partial charge in [-0.3, -0.25) is 0 Å². The maximum atomic E-state index is 10.7. The van der Waals surface area contributed by atoms with Crippen molar-refractivity contribution in [2.24, 2.45) is 0 Å². The lowest BCUT2D eigenvalue weighted by molar-refractivity contribution is -0.139. The fourth-order valence-electron chi connectivity index (χ4n) is 1.40. The Balaban J connectivity index is -0.000000193. The summed E-state index contributed by atoms with van der Waals surface area (Å²) in [7, 11) is 1.33. The minimum Gasteiger partial charge on any atom is -0.478 e. The lowest BCUT2D eigenvalue weighted by Gasteiger charge is -2.01. The van der Waals surface area contributed by atoms with Gasteiger partial charge in [-0.05, 0) is 25.8 Å². The summed E-state index contributed by atoms with van der Waals surface area (Å²) in [6, 6.07) is 10.0. The zero-order valence-corrected chi connectivity index (χ0v) is 22.9. The molecular weight excluding hydrogens is 492 g/mol. The Morgan fingerprint density at radius 2 is 1.37 bits per heavy atom. The first-order valence-corrected chi connectivity index (χ1v) is 11.4. The topological polar surface area (TPSA) is 136 Å². The first-order valence-electron chi connectivity index (χ1n) is 11.4. The van der Waals surface area contributed by atoms with Crippen LogP contribution in [0.5, 0.6) is 0 Å². The summed E-state index contributed by atoms with van der Waals surface area (Å²) in [5, 5.41) is 15.7. The van der Waals surface area contributed by atoms with Crippen LogP contribution >= 0.6 is 0 Å². The molecule has 0 unspecified atom stereocenters. The molecule has 0 aliphatic carbocycles. The number of ether oxygens (including phenoxy) is 3. The second-order valence-corrected chi connectivity index (χ2v) is 6.79. The van der Waals surface area contributed by atoms with E-state index in [1.165, 1.54) is 12.7 Å². The molecule has 38 heavy (non-hydrogen) atoms. The Kier molecular flexibility index (Phi) is 33.1. The van der Waals surface area contributed by atoms with Crippen LogP contribution in [-0.2, 0) is 33.4 Å². The number of carboxylic acid groups (broad SMARTS) is 1. The van der Waals surface area contributed by atoms with Gasteiger partial charge in [0, 0.05) is 23.3 Å². The van der Waals surface area contributed by atoms with Gasteiger partial charge in [-0.2, -0.15) is 0 Å². The van der Waals surface area contributed by atoms with Crippen molar-refractivity contribution in [3.63, 3.8) is 0 Å². The third-order valence-corrected chi connectivity index (χ3v) is 3.33. The zero-order chi connectivity index (χ0) is 30.4. The molecular formula is C29H42O9. The SMILES string of the molecule is C=C(C)C(=O)OC.C=C(C)C(=O)OCCCC.C=CC(=O)O.C=CC(=O)OCCO.C=Cc1ccccc1. The highest BCUT2D eigenvalue weighted by atomic mass is 16.5. The zero-order valence-electron chi connectivity index (χ0n) is 22.9. The predicted octanol–water partition coefficient (Wildman–Crippen LogP) is 4.94. The van der Waals surface area contributed by atoms with E-state index in [1.54, 1.807) is 13.8 Å². The van der Waals surface area contributed by atoms with E-state index in [1.807, 2.05) is 36.4 Å². The van der Waals surface area contributed by atoms with E-state index < -0.39 is 11.9 Å². The van der Waals surface area contributed by atoms with Crippen molar-refractivity contribution in [2.45, 2.75) is 33.6 Å². The highest BCUT2D eigenvalue weighted by molar-refractivity contribution is 5.87. The Bertz CT molecular complexity index is 856. The maximum absolute atomic E-state index is 10.7. The average molecular weight is 535 g/mol. The van der Waals surface area contributed by atoms with Crippen LogP contribution in [0.2, 0.25) is 0 Å². The van der Waals surface area contributed by atoms with Crippen molar-refractivity contribution in [1.82, 2.24) is 0 Å². The van der Waals surface area contributed by atoms with Crippen molar-refractivity contribution in [3.8, 4) is 0 Å². The highest BCUT2D eigenvalue weighted by Crippen LogP contribution is 1.97. The molecule has 0 spiro atoms. The van der Waals surface area contributed by atoms with E-state index in [2.05, 4.69) is 49.3 Å². The summed E-state index contributed by atoms with van der Waals surface area (Å²) in [4.78, 5) is 40.3. The number of hydrogen-bond acceptors (Lipinski definition) is 8. The molecule has 0 saturated carbocycles. The molecule has 2 N–H and O–H groups in total. The highest BCUT2D eigenvalue weighted by Gasteiger charge is 2.00. The number of aliphatic hydroxyl groups is 1. The summed E-state index contributed by atoms with van der Waals surface area (Å²) < 4.78 is 13.4. The lowest BCUT2D eigenvalue weighted by Crippen LogP contribution is -2.05. The van der Waals surface area contributed by atoms with Crippen LogP contribution in [-0.4, -0.2) is 61.0 Å². The summed E-state index contributed by atoms with van der Waals surface area (Å²) in [5.41, 5.74) is 2.08. The van der Waals surface area contributed by atoms with E-state index >= 15 is 0 Å². The Morgan fingerprint density at radius 3 is 1.63 bits per heavy atom. The van der Waals surface area contributed by atoms with Gasteiger partial charge in [-0.25, -0.2) is 19.2 Å². The van der Waals surface area contributed by atoms with Gasteiger partial charge in [0.2, 0.25) is 0 Å². The van der Waals surface area contributed by atoms with E-state index in [0.29, 0.717) is 17.8 Å². The van der Waals surface area contributed by atoms with Gasteiger partial charge in [0.25, 0.3) is 0 Å². The standard InChI is InChI=1S/C8H14O2.C8H8.C5H8O3.C5H8O2.C3H4O2/c1-4-5-6-10-8(9)7(2)3;1-2-8-6-4-3-5-7-8;1-2-5(7)8-4-3-6;1-4(2)5(6)7-3;1-2-3(4)5/h2,4-6H2,1,3H3;2-7H,1H2;2,6H,1,3-4H2;1H2,2-3H3;2H,1H2,(H,4,5). The number of carbonyl (C=O) groups is 4. The van der Waals surface area contributed by atoms with Crippen LogP contribution in [0.15, 0.2) is 86.5 Å². The average Bonchev–Trinajstić information content (AvgIpc) is 2.92. The lowest BCUT2D eigenvalue weighted by atomic mass is 10.2. The van der Waals surface area contributed by atoms with Crippen LogP contribution in [0, 0.1) is 0 Å². The number of hydrogen-bond donors (Lipinski definition) is 2. The number of aliphatic carboxylic acids is 1. The molecule has 9 nitrogen and oxygen atoms in total. The molecule has 0 atom stereocenters. The van der Waals surface area contributed by atoms with Crippen LogP contribution in [0.25, 0.3) is 6.08 Å². The van der Waals surface area contributed by atoms with Gasteiger partial charge in [0.1, 0.15) is 6.61 Å². The molecule has 1 aromatic rings. The monoisotopic (exact) mass is 534 g/mol. The number of unbranched alkanes of at least 4 members (excludes halogenated alkanes) is 1. The van der Waals surface area contributed by atoms with Gasteiger partial charge < -0.3 is 24.4 Å². The minimum absolute atomic E-state index is 0.0465. The van der Waals surface area contributed by atoms with E-state index in [4.69, 9.17) is 14.9 Å². The second kappa shape index (κ2) is 30.8. The number of aliphatic hydroxyl groups excluding tert-OH is 1. The number of carboxylic acids is 1. The molecule has 0 amide bonds. The second-order valence-electron chi connectivity index (χ2n) is 6.79. The quantitative estimate of drug-likeness (QED) is 0.185. The third kappa shape index (κ3) is 36.3. The van der Waals surface area contributed by atoms with Gasteiger partial charge in [-0.15, -0.1) is 0 Å². The normalized spacial score (nSPS) is 8.13. The smallest absolute Gasteiger partial charge is 0.333 e. The van der Waals surface area contributed by atoms with Crippen LogP contribution < -0.4 is 0 Å². The Hall–Kier alpha value is -4.24. The number of carbonyl (C=O) groups excluding carboxylic acids is 3. The van der Waals surface area contributed by atoms with E-state index in [9.17, 15) is 19.2 Å². The Morgan fingerprint density at radius 1 is 0.868 bits per heavy atom. The summed E-state index contributed by atoms with van der Waals surface area (Å²) in [5.74, 6) is -2.11. The molecule has 1 rings (SSSR count). The number of methoxy groups -OCH3 is 1. The molecule has 0 fully saturated rings. The molecule has 0 aromatic heterocycles. The van der Waals surface area contributed by atoms with Gasteiger partial charge in [0.05, 0.1) is 20.3 Å². The van der Waals surface area contributed by atoms with Crippen molar-refractivity contribution >= 4 is 30.0 Å². The fraction of sp³-hybridized carbons (Fsp3) is 0.310. The van der Waals surface area contributed by atoms with E-state index in [0.717, 1.165) is 25.0 Å². The summed E-state index contributed by atoms with van der Waals surface area (Å²) in [6.45, 7) is 22.3. The van der Waals surface area contributed by atoms with Gasteiger partial charge >= 0.3 is 23.9 Å². The van der Waals surface area contributed by atoms with Crippen LogP contribution in [0.3, 0.4) is 0 Å².